The zero-order valence-corrected chi connectivity index (χ0v) is 31.9. The second kappa shape index (κ2) is 14.5. The van der Waals surface area contributed by atoms with Crippen LogP contribution in [0, 0.1) is 56.7 Å². The number of carboxylic acids is 1. The van der Waals surface area contributed by atoms with Crippen molar-refractivity contribution in [2.24, 2.45) is 68.1 Å². The Morgan fingerprint density at radius 1 is 1.08 bits per heavy atom. The van der Waals surface area contributed by atoms with E-state index in [1.165, 1.54) is 12.5 Å². The molecule has 49 heavy (non-hydrogen) atoms. The highest BCUT2D eigenvalue weighted by atomic mass is 16.6. The number of unbranched alkanes of at least 4 members (excludes halogenated alkanes) is 1. The molecule has 0 amide bonds. The molecule has 5 aliphatic rings. The normalized spacial score (nSPS) is 42.7. The van der Waals surface area contributed by atoms with Crippen molar-refractivity contribution in [1.29, 1.82) is 0 Å². The van der Waals surface area contributed by atoms with Gasteiger partial charge in [-0.25, -0.2) is 0 Å². The number of hydrogen-bond donors (Lipinski definition) is 4. The van der Waals surface area contributed by atoms with E-state index in [-0.39, 0.29) is 57.2 Å². The molecular weight excluding hydrogens is 618 g/mol. The Bertz CT molecular complexity index is 1240. The third-order valence-electron chi connectivity index (χ3n) is 15.4. The lowest BCUT2D eigenvalue weighted by molar-refractivity contribution is -0.266. The number of aliphatic carboxylic acids is 1. The van der Waals surface area contributed by atoms with Crippen molar-refractivity contribution in [2.45, 2.75) is 131 Å². The standard InChI is InChI=1S/C40H69N3O6/c1-25(2)26(3)36(5)16-17-38(7)29-12-13-32-37(6)23-47-24-40(32,30(29)14-15-39(38,8)33(36)35(45)46)21-31(49-27(4)44)34(37)48-20-19-43-22-28(42)11-9-10-18-41/h14,25-26,28-29,31-34,43H,9-13,15-24,41-42H2,1-8H3,(H,45,46)/t26-,28+,29+,31-,32?,33-,34+,36-,37?,38-,39+,40+/m1/s1. The molecule has 1 aliphatic heterocycles. The van der Waals surface area contributed by atoms with Crippen molar-refractivity contribution in [1.82, 2.24) is 5.32 Å². The maximum absolute atomic E-state index is 13.4. The van der Waals surface area contributed by atoms with E-state index in [0.717, 1.165) is 57.9 Å². The Kier molecular flexibility index (Phi) is 11.4. The van der Waals surface area contributed by atoms with Gasteiger partial charge in [-0.2, -0.15) is 0 Å². The van der Waals surface area contributed by atoms with Gasteiger partial charge in [0.25, 0.3) is 0 Å². The van der Waals surface area contributed by atoms with E-state index in [1.807, 2.05) is 0 Å². The first-order valence-corrected chi connectivity index (χ1v) is 19.5. The first-order chi connectivity index (χ1) is 23.0. The van der Waals surface area contributed by atoms with Crippen molar-refractivity contribution >= 4 is 11.9 Å². The van der Waals surface area contributed by atoms with Crippen LogP contribution >= 0.6 is 0 Å². The molecule has 5 rings (SSSR count). The summed E-state index contributed by atoms with van der Waals surface area (Å²) in [5.41, 5.74) is 12.0. The Morgan fingerprint density at radius 3 is 2.47 bits per heavy atom. The van der Waals surface area contributed by atoms with E-state index < -0.39 is 11.9 Å². The molecule has 0 radical (unpaired) electrons. The van der Waals surface area contributed by atoms with E-state index in [1.54, 1.807) is 0 Å². The Balaban J connectivity index is 1.42. The molecule has 0 aromatic carbocycles. The van der Waals surface area contributed by atoms with E-state index in [4.69, 9.17) is 25.7 Å². The molecule has 9 heteroatoms. The van der Waals surface area contributed by atoms with Crippen molar-refractivity contribution in [3.8, 4) is 0 Å². The monoisotopic (exact) mass is 688 g/mol. The highest BCUT2D eigenvalue weighted by molar-refractivity contribution is 5.73. The third kappa shape index (κ3) is 6.44. The van der Waals surface area contributed by atoms with Crippen LogP contribution in [0.4, 0.5) is 0 Å². The van der Waals surface area contributed by atoms with Crippen LogP contribution in [0.3, 0.4) is 0 Å². The molecule has 0 aromatic rings. The van der Waals surface area contributed by atoms with Gasteiger partial charge in [-0.3, -0.25) is 9.59 Å². The van der Waals surface area contributed by atoms with Crippen molar-refractivity contribution in [2.75, 3.05) is 39.5 Å². The number of ether oxygens (including phenoxy) is 3. The highest BCUT2D eigenvalue weighted by Crippen LogP contribution is 2.75. The first-order valence-electron chi connectivity index (χ1n) is 19.5. The molecule has 2 bridgehead atoms. The summed E-state index contributed by atoms with van der Waals surface area (Å²) in [7, 11) is 0. The molecule has 1 heterocycles. The molecule has 9 nitrogen and oxygen atoms in total. The molecule has 12 atom stereocenters. The van der Waals surface area contributed by atoms with Crippen molar-refractivity contribution < 1.29 is 28.9 Å². The Labute approximate surface area is 296 Å². The van der Waals surface area contributed by atoms with Crippen LogP contribution in [-0.2, 0) is 23.8 Å². The quantitative estimate of drug-likeness (QED) is 0.0991. The molecule has 0 aromatic heterocycles. The Morgan fingerprint density at radius 2 is 1.82 bits per heavy atom. The van der Waals surface area contributed by atoms with Gasteiger partial charge in [0, 0.05) is 36.9 Å². The van der Waals surface area contributed by atoms with E-state index in [2.05, 4.69) is 59.9 Å². The van der Waals surface area contributed by atoms with E-state index >= 15 is 0 Å². The lowest BCUT2D eigenvalue weighted by Crippen LogP contribution is -2.70. The van der Waals surface area contributed by atoms with E-state index in [9.17, 15) is 14.7 Å². The predicted molar refractivity (Wildman–Crippen MR) is 193 cm³/mol. The largest absolute Gasteiger partial charge is 0.481 e. The van der Waals surface area contributed by atoms with Crippen LogP contribution in [0.2, 0.25) is 0 Å². The van der Waals surface area contributed by atoms with Crippen molar-refractivity contribution in [3.05, 3.63) is 11.6 Å². The van der Waals surface area contributed by atoms with Gasteiger partial charge in [-0.1, -0.05) is 66.5 Å². The summed E-state index contributed by atoms with van der Waals surface area (Å²) >= 11 is 0. The summed E-state index contributed by atoms with van der Waals surface area (Å²) in [6.07, 6.45) is 10.2. The van der Waals surface area contributed by atoms with Crippen molar-refractivity contribution in [3.63, 3.8) is 0 Å². The third-order valence-corrected chi connectivity index (χ3v) is 15.4. The average Bonchev–Trinajstić information content (AvgIpc) is 3.01. The fraction of sp³-hybridized carbons (Fsp3) is 0.900. The maximum Gasteiger partial charge on any atom is 0.307 e. The smallest absolute Gasteiger partial charge is 0.307 e. The van der Waals surface area contributed by atoms with Gasteiger partial charge >= 0.3 is 11.9 Å². The first kappa shape index (κ1) is 38.7. The molecule has 4 fully saturated rings. The second-order valence-corrected chi connectivity index (χ2v) is 18.2. The number of fused-ring (bicyclic) bond motifs is 3. The molecule has 1 saturated heterocycles. The molecule has 3 saturated carbocycles. The minimum atomic E-state index is -0.642. The minimum Gasteiger partial charge on any atom is -0.481 e. The molecule has 0 spiro atoms. The summed E-state index contributed by atoms with van der Waals surface area (Å²) in [5.74, 6) is -0.0397. The van der Waals surface area contributed by atoms with Gasteiger partial charge in [0.2, 0.25) is 0 Å². The van der Waals surface area contributed by atoms with Crippen LogP contribution in [0.1, 0.15) is 113 Å². The predicted octanol–water partition coefficient (Wildman–Crippen LogP) is 5.94. The lowest BCUT2D eigenvalue weighted by Gasteiger charge is -2.71. The molecular formula is C40H69N3O6. The number of hydrogen-bond acceptors (Lipinski definition) is 8. The fourth-order valence-corrected chi connectivity index (χ4v) is 12.4. The number of nitrogens with two attached hydrogens (primary N) is 2. The van der Waals surface area contributed by atoms with Crippen LogP contribution in [0.5, 0.6) is 0 Å². The molecule has 4 aliphatic carbocycles. The fourth-order valence-electron chi connectivity index (χ4n) is 12.4. The van der Waals surface area contributed by atoms with E-state index in [0.29, 0.717) is 57.1 Å². The van der Waals surface area contributed by atoms with Gasteiger partial charge in [0.1, 0.15) is 12.2 Å². The van der Waals surface area contributed by atoms with Gasteiger partial charge in [0.15, 0.2) is 0 Å². The summed E-state index contributed by atoms with van der Waals surface area (Å²) in [6.45, 7) is 21.3. The SMILES string of the molecule is CC(=O)O[C@@H]1C[C@@]23COCC(C)(C2CC[C@H]2C3=CC[C@@]3(C)[C@H](C(=O)O)[C@@](C)([C@H](C)C(C)C)CC[C@]23C)[C@H]1OCCNC[C@@H](N)CCCCN. The zero-order chi connectivity index (χ0) is 36.0. The van der Waals surface area contributed by atoms with Crippen LogP contribution in [0.25, 0.3) is 0 Å². The molecule has 2 unspecified atom stereocenters. The topological polar surface area (TPSA) is 146 Å². The number of carbonyl (C=O) groups excluding carboxylic acids is 1. The summed E-state index contributed by atoms with van der Waals surface area (Å²) in [5, 5.41) is 14.4. The zero-order valence-electron chi connectivity index (χ0n) is 31.9. The Hall–Kier alpha value is -1.52. The van der Waals surface area contributed by atoms with Crippen LogP contribution < -0.4 is 16.8 Å². The van der Waals surface area contributed by atoms with Crippen LogP contribution in [0.15, 0.2) is 11.6 Å². The number of esters is 1. The lowest BCUT2D eigenvalue weighted by atomic mass is 9.34. The minimum absolute atomic E-state index is 0.0878. The summed E-state index contributed by atoms with van der Waals surface area (Å²) in [6, 6.07) is 0.0878. The summed E-state index contributed by atoms with van der Waals surface area (Å²) < 4.78 is 19.5. The second-order valence-electron chi connectivity index (χ2n) is 18.2. The van der Waals surface area contributed by atoms with Gasteiger partial charge in [-0.15, -0.1) is 0 Å². The highest BCUT2D eigenvalue weighted by Gasteiger charge is 2.72. The van der Waals surface area contributed by atoms with Crippen LogP contribution in [-0.4, -0.2) is 74.7 Å². The van der Waals surface area contributed by atoms with Gasteiger partial charge in [0.05, 0.1) is 25.7 Å². The maximum atomic E-state index is 13.4. The molecule has 6 N–H and O–H groups in total. The van der Waals surface area contributed by atoms with Gasteiger partial charge < -0.3 is 36.1 Å². The molecule has 280 valence electrons. The number of allylic oxidation sites excluding steroid dienone is 1. The average molecular weight is 688 g/mol. The number of rotatable bonds is 14. The number of carboxylic acid groups (broad SMARTS) is 1. The number of carbonyl (C=O) groups is 2. The summed E-state index contributed by atoms with van der Waals surface area (Å²) in [4.78, 5) is 26.0. The number of nitrogens with one attached hydrogen (secondary N) is 1. The van der Waals surface area contributed by atoms with Gasteiger partial charge in [-0.05, 0) is 97.8 Å².